The highest BCUT2D eigenvalue weighted by atomic mass is 16.5. The largest absolute Gasteiger partial charge is 0.457 e. The monoisotopic (exact) mass is 409 g/mol. The van der Waals surface area contributed by atoms with Gasteiger partial charge in [-0.15, -0.1) is 0 Å². The normalized spacial score (nSPS) is 15.5. The molecule has 1 aliphatic rings. The summed E-state index contributed by atoms with van der Waals surface area (Å²) in [6.07, 6.45) is 11.7. The minimum Gasteiger partial charge on any atom is -0.457 e. The zero-order valence-corrected chi connectivity index (χ0v) is 17.9. The molecular formula is C27H27N3O. The van der Waals surface area contributed by atoms with Crippen LogP contribution in [0.5, 0.6) is 11.5 Å². The molecule has 0 aliphatic heterocycles. The number of imidazole rings is 1. The molecule has 0 atom stereocenters. The van der Waals surface area contributed by atoms with Gasteiger partial charge in [0.25, 0.3) is 0 Å². The highest BCUT2D eigenvalue weighted by Crippen LogP contribution is 2.45. The Labute approximate surface area is 183 Å². The fraction of sp³-hybridized carbons (Fsp3) is 0.259. The molecule has 2 aromatic heterocycles. The molecule has 2 heterocycles. The van der Waals surface area contributed by atoms with E-state index in [2.05, 4.69) is 41.4 Å². The van der Waals surface area contributed by atoms with Crippen LogP contribution in [-0.2, 0) is 12.5 Å². The van der Waals surface area contributed by atoms with E-state index in [1.54, 1.807) is 0 Å². The number of nitrogens with zero attached hydrogens (tertiary/aromatic N) is 3. The third-order valence-electron chi connectivity index (χ3n) is 6.40. The molecule has 0 N–H and O–H groups in total. The van der Waals surface area contributed by atoms with Gasteiger partial charge in [-0.05, 0) is 54.8 Å². The summed E-state index contributed by atoms with van der Waals surface area (Å²) in [5.41, 5.74) is 3.47. The van der Waals surface area contributed by atoms with Gasteiger partial charge in [0, 0.05) is 36.6 Å². The molecule has 1 fully saturated rings. The summed E-state index contributed by atoms with van der Waals surface area (Å²) < 4.78 is 8.33. The number of hydrogen-bond acceptors (Lipinski definition) is 3. The topological polar surface area (TPSA) is 39.9 Å². The maximum absolute atomic E-state index is 6.31. The van der Waals surface area contributed by atoms with E-state index in [-0.39, 0.29) is 5.41 Å². The summed E-state index contributed by atoms with van der Waals surface area (Å²) in [5.74, 6) is 2.60. The fourth-order valence-corrected chi connectivity index (χ4v) is 4.83. The fourth-order valence-electron chi connectivity index (χ4n) is 4.83. The molecule has 0 spiro atoms. The lowest BCUT2D eigenvalue weighted by molar-refractivity contribution is 0.337. The van der Waals surface area contributed by atoms with Crippen molar-refractivity contribution in [1.29, 1.82) is 0 Å². The highest BCUT2D eigenvalue weighted by Gasteiger charge is 2.37. The van der Waals surface area contributed by atoms with Gasteiger partial charge in [-0.1, -0.05) is 49.6 Å². The van der Waals surface area contributed by atoms with Crippen LogP contribution >= 0.6 is 0 Å². The van der Waals surface area contributed by atoms with E-state index < -0.39 is 0 Å². The first-order valence-corrected chi connectivity index (χ1v) is 11.0. The van der Waals surface area contributed by atoms with Crippen LogP contribution in [0.15, 0.2) is 85.3 Å². The summed E-state index contributed by atoms with van der Waals surface area (Å²) in [5, 5.41) is 0. The number of benzene rings is 2. The second-order valence-corrected chi connectivity index (χ2v) is 8.38. The lowest BCUT2D eigenvalue weighted by Crippen LogP contribution is -2.31. The van der Waals surface area contributed by atoms with Crippen molar-refractivity contribution in [2.24, 2.45) is 7.05 Å². The zero-order chi connectivity index (χ0) is 21.1. The van der Waals surface area contributed by atoms with Crippen molar-refractivity contribution in [2.45, 2.75) is 37.5 Å². The average molecular weight is 410 g/mol. The second kappa shape index (κ2) is 8.38. The molecular weight excluding hydrogens is 382 g/mol. The van der Waals surface area contributed by atoms with E-state index >= 15 is 0 Å². The number of ether oxygens (including phenoxy) is 1. The predicted molar refractivity (Wildman–Crippen MR) is 123 cm³/mol. The standard InChI is InChI=1S/C27H27N3O/c1-30-18-17-29-26(30)21-9-7-11-23(19-21)31-24-12-8-10-22(20-24)27(14-4-2-5-15-27)25-13-3-6-16-28-25/h3,6-13,16-20H,2,4-5,14-15H2,1H3. The van der Waals surface area contributed by atoms with E-state index in [4.69, 9.17) is 9.72 Å². The molecule has 1 saturated carbocycles. The SMILES string of the molecule is Cn1ccnc1-c1cccc(Oc2cccc(C3(c4ccccn4)CCCCC3)c2)c1. The van der Waals surface area contributed by atoms with Crippen LogP contribution in [0.3, 0.4) is 0 Å². The Bertz CT molecular complexity index is 1160. The van der Waals surface area contributed by atoms with Crippen LogP contribution in [-0.4, -0.2) is 14.5 Å². The Morgan fingerprint density at radius 3 is 2.35 bits per heavy atom. The Morgan fingerprint density at radius 2 is 1.61 bits per heavy atom. The van der Waals surface area contributed by atoms with E-state index in [0.29, 0.717) is 0 Å². The Kier molecular flexibility index (Phi) is 5.29. The first-order valence-electron chi connectivity index (χ1n) is 11.0. The summed E-state index contributed by atoms with van der Waals surface area (Å²) in [4.78, 5) is 9.22. The van der Waals surface area contributed by atoms with Crippen molar-refractivity contribution in [2.75, 3.05) is 0 Å². The molecule has 0 saturated heterocycles. The molecule has 4 nitrogen and oxygen atoms in total. The molecule has 156 valence electrons. The van der Waals surface area contributed by atoms with Crippen LogP contribution in [0.1, 0.15) is 43.4 Å². The predicted octanol–water partition coefficient (Wildman–Crippen LogP) is 6.52. The summed E-state index contributed by atoms with van der Waals surface area (Å²) in [7, 11) is 2.00. The van der Waals surface area contributed by atoms with Crippen LogP contribution in [0.25, 0.3) is 11.4 Å². The molecule has 0 radical (unpaired) electrons. The van der Waals surface area contributed by atoms with Gasteiger partial charge >= 0.3 is 0 Å². The number of pyridine rings is 1. The number of aryl methyl sites for hydroxylation is 1. The number of hydrogen-bond donors (Lipinski definition) is 0. The van der Waals surface area contributed by atoms with Crippen LogP contribution < -0.4 is 4.74 Å². The zero-order valence-electron chi connectivity index (χ0n) is 17.9. The van der Waals surface area contributed by atoms with Gasteiger partial charge in [-0.2, -0.15) is 0 Å². The van der Waals surface area contributed by atoms with Gasteiger partial charge in [0.15, 0.2) is 0 Å². The summed E-state index contributed by atoms with van der Waals surface area (Å²) in [6.45, 7) is 0. The molecule has 0 bridgehead atoms. The third-order valence-corrected chi connectivity index (χ3v) is 6.40. The van der Waals surface area contributed by atoms with Crippen LogP contribution in [0.2, 0.25) is 0 Å². The Morgan fingerprint density at radius 1 is 0.806 bits per heavy atom. The molecule has 1 aliphatic carbocycles. The highest BCUT2D eigenvalue weighted by molar-refractivity contribution is 5.58. The first kappa shape index (κ1) is 19.6. The van der Waals surface area contributed by atoms with E-state index in [1.165, 1.54) is 30.5 Å². The smallest absolute Gasteiger partial charge is 0.139 e. The lowest BCUT2D eigenvalue weighted by Gasteiger charge is -2.37. The molecule has 0 unspecified atom stereocenters. The van der Waals surface area contributed by atoms with Crippen LogP contribution in [0, 0.1) is 0 Å². The average Bonchev–Trinajstić information content (AvgIpc) is 3.26. The van der Waals surface area contributed by atoms with E-state index in [9.17, 15) is 0 Å². The van der Waals surface area contributed by atoms with Crippen LogP contribution in [0.4, 0.5) is 0 Å². The number of rotatable bonds is 5. The van der Waals surface area contributed by atoms with Gasteiger partial charge in [-0.3, -0.25) is 4.98 Å². The molecule has 5 rings (SSSR count). The molecule has 4 heteroatoms. The first-order chi connectivity index (χ1) is 15.2. The minimum absolute atomic E-state index is 0.0340. The van der Waals surface area contributed by atoms with Crippen molar-refractivity contribution in [3.05, 3.63) is 96.6 Å². The van der Waals surface area contributed by atoms with Crippen molar-refractivity contribution >= 4 is 0 Å². The number of aromatic nitrogens is 3. The molecule has 4 aromatic rings. The van der Waals surface area contributed by atoms with E-state index in [1.807, 2.05) is 60.5 Å². The van der Waals surface area contributed by atoms with Gasteiger partial charge in [-0.25, -0.2) is 4.98 Å². The molecule has 2 aromatic carbocycles. The Hall–Kier alpha value is -3.40. The van der Waals surface area contributed by atoms with Gasteiger partial charge in [0.2, 0.25) is 0 Å². The van der Waals surface area contributed by atoms with E-state index in [0.717, 1.165) is 35.7 Å². The molecule has 31 heavy (non-hydrogen) atoms. The second-order valence-electron chi connectivity index (χ2n) is 8.38. The van der Waals surface area contributed by atoms with Gasteiger partial charge < -0.3 is 9.30 Å². The Balaban J connectivity index is 1.47. The lowest BCUT2D eigenvalue weighted by atomic mass is 9.67. The maximum Gasteiger partial charge on any atom is 0.139 e. The molecule has 0 amide bonds. The minimum atomic E-state index is -0.0340. The van der Waals surface area contributed by atoms with Crippen molar-refractivity contribution in [1.82, 2.24) is 14.5 Å². The third kappa shape index (κ3) is 3.86. The quantitative estimate of drug-likeness (QED) is 0.376. The summed E-state index contributed by atoms with van der Waals surface area (Å²) >= 11 is 0. The van der Waals surface area contributed by atoms with Gasteiger partial charge in [0.1, 0.15) is 17.3 Å². The van der Waals surface area contributed by atoms with Gasteiger partial charge in [0.05, 0.1) is 5.69 Å². The maximum atomic E-state index is 6.31. The summed E-state index contributed by atoms with van der Waals surface area (Å²) in [6, 6.07) is 23.0. The van der Waals surface area contributed by atoms with Crippen molar-refractivity contribution in [3.63, 3.8) is 0 Å². The van der Waals surface area contributed by atoms with Crippen molar-refractivity contribution in [3.8, 4) is 22.9 Å². The van der Waals surface area contributed by atoms with Crippen molar-refractivity contribution < 1.29 is 4.74 Å².